The Morgan fingerprint density at radius 2 is 1.82 bits per heavy atom. The number of carbonyl (C=O) groups excluding carboxylic acids is 1. The van der Waals surface area contributed by atoms with Gasteiger partial charge in [-0.25, -0.2) is 4.39 Å². The van der Waals surface area contributed by atoms with Gasteiger partial charge in [-0.1, -0.05) is 43.0 Å². The normalized spacial score (nSPS) is 16.7. The van der Waals surface area contributed by atoms with E-state index in [1.54, 1.807) is 6.07 Å². The van der Waals surface area contributed by atoms with Crippen LogP contribution in [0.3, 0.4) is 0 Å². The second kappa shape index (κ2) is 11.1. The average Bonchev–Trinajstić information content (AvgIpc) is 3.12. The fraction of sp³-hybridized carbons (Fsp3) is 0.160. The minimum atomic E-state index is -0.277. The van der Waals surface area contributed by atoms with Crippen molar-refractivity contribution in [1.82, 2.24) is 5.32 Å². The number of hydrogen-bond acceptors (Lipinski definition) is 4. The summed E-state index contributed by atoms with van der Waals surface area (Å²) < 4.78 is 21.2. The van der Waals surface area contributed by atoms with Crippen LogP contribution in [-0.4, -0.2) is 11.4 Å². The largest absolute Gasteiger partial charge is 0.487 e. The Morgan fingerprint density at radius 1 is 1.09 bits per heavy atom. The van der Waals surface area contributed by atoms with Crippen LogP contribution < -0.4 is 15.4 Å². The fourth-order valence-electron chi connectivity index (χ4n) is 3.29. The molecule has 1 aliphatic rings. The molecule has 1 atom stereocenters. The molecule has 0 bridgehead atoms. The topological polar surface area (TPSA) is 50.4 Å². The van der Waals surface area contributed by atoms with Crippen LogP contribution in [0.15, 0.2) is 65.6 Å². The third kappa shape index (κ3) is 6.42. The van der Waals surface area contributed by atoms with Crippen molar-refractivity contribution in [2.24, 2.45) is 0 Å². The Hall–Kier alpha value is -1.79. The van der Waals surface area contributed by atoms with E-state index in [0.717, 1.165) is 36.1 Å². The van der Waals surface area contributed by atoms with Crippen molar-refractivity contribution in [3.8, 4) is 5.75 Å². The van der Waals surface area contributed by atoms with Crippen molar-refractivity contribution in [1.29, 1.82) is 0 Å². The highest BCUT2D eigenvalue weighted by Gasteiger charge is 2.27. The molecular formula is C25H21FI2N2O2S. The van der Waals surface area contributed by atoms with Crippen molar-refractivity contribution < 1.29 is 13.9 Å². The second-order valence-corrected chi connectivity index (χ2v) is 10.9. The van der Waals surface area contributed by atoms with Crippen molar-refractivity contribution >= 4 is 74.6 Å². The minimum Gasteiger partial charge on any atom is -0.487 e. The maximum Gasteiger partial charge on any atom is 0.260 e. The summed E-state index contributed by atoms with van der Waals surface area (Å²) in [4.78, 5) is 13.2. The van der Waals surface area contributed by atoms with Crippen molar-refractivity contribution in [3.63, 3.8) is 0 Å². The molecule has 0 saturated carbocycles. The summed E-state index contributed by atoms with van der Waals surface area (Å²) in [5.74, 6) is 0.376. The van der Waals surface area contributed by atoms with Crippen LogP contribution in [0, 0.1) is 13.0 Å². The average molecular weight is 686 g/mol. The predicted molar refractivity (Wildman–Crippen MR) is 150 cm³/mol. The van der Waals surface area contributed by atoms with Gasteiger partial charge < -0.3 is 15.4 Å². The van der Waals surface area contributed by atoms with Crippen LogP contribution in [0.25, 0.3) is 6.08 Å². The van der Waals surface area contributed by atoms with Crippen LogP contribution >= 0.6 is 56.9 Å². The number of carbonyl (C=O) groups is 1. The lowest BCUT2D eigenvalue weighted by molar-refractivity contribution is -0.116. The van der Waals surface area contributed by atoms with E-state index in [1.165, 1.54) is 29.5 Å². The van der Waals surface area contributed by atoms with Gasteiger partial charge in [0, 0.05) is 5.69 Å². The van der Waals surface area contributed by atoms with Crippen LogP contribution in [-0.2, 0) is 17.8 Å². The number of thioether (sulfide) groups is 1. The first-order valence-corrected chi connectivity index (χ1v) is 13.4. The molecule has 0 radical (unpaired) electrons. The molecule has 4 nitrogen and oxygen atoms in total. The van der Waals surface area contributed by atoms with Crippen LogP contribution in [0.5, 0.6) is 5.75 Å². The summed E-state index contributed by atoms with van der Waals surface area (Å²) in [7, 11) is 0. The van der Waals surface area contributed by atoms with Gasteiger partial charge in [-0.3, -0.25) is 4.79 Å². The molecule has 1 aliphatic heterocycles. The molecule has 1 fully saturated rings. The number of aryl methyl sites for hydroxylation is 1. The Morgan fingerprint density at radius 3 is 2.48 bits per heavy atom. The van der Waals surface area contributed by atoms with Gasteiger partial charge in [-0.05, 0) is 111 Å². The van der Waals surface area contributed by atoms with Gasteiger partial charge in [0.1, 0.15) is 18.2 Å². The standard InChI is InChI=1S/C25H21FI2N2O2S/c1-2-15-6-8-19(9-7-15)29-25-30-24(31)22(33-25)13-17-11-20(27)23(21(28)12-17)32-14-16-4-3-5-18(26)10-16/h3-13,25,29H,2,14H2,1H3,(H,30,31)/b22-13-/t25-/m1/s1. The van der Waals surface area contributed by atoms with E-state index >= 15 is 0 Å². The number of nitrogens with one attached hydrogen (secondary N) is 2. The first kappa shape index (κ1) is 24.3. The van der Waals surface area contributed by atoms with Crippen molar-refractivity contribution in [3.05, 3.63) is 95.2 Å². The minimum absolute atomic E-state index is 0.0980. The summed E-state index contributed by atoms with van der Waals surface area (Å²) in [6, 6.07) is 18.6. The molecule has 0 aromatic heterocycles. The van der Waals surface area contributed by atoms with E-state index in [2.05, 4.69) is 74.9 Å². The van der Waals surface area contributed by atoms with E-state index < -0.39 is 0 Å². The third-order valence-electron chi connectivity index (χ3n) is 4.98. The zero-order valence-electron chi connectivity index (χ0n) is 17.7. The Labute approximate surface area is 224 Å². The molecule has 0 spiro atoms. The second-order valence-electron chi connectivity index (χ2n) is 7.41. The molecule has 33 heavy (non-hydrogen) atoms. The van der Waals surface area contributed by atoms with Gasteiger partial charge in [-0.15, -0.1) is 0 Å². The molecule has 3 aromatic carbocycles. The van der Waals surface area contributed by atoms with Crippen LogP contribution in [0.2, 0.25) is 0 Å². The smallest absolute Gasteiger partial charge is 0.260 e. The predicted octanol–water partition coefficient (Wildman–Crippen LogP) is 6.78. The zero-order chi connectivity index (χ0) is 23.4. The lowest BCUT2D eigenvalue weighted by Crippen LogP contribution is -2.30. The molecule has 1 amide bonds. The number of benzene rings is 3. The number of anilines is 1. The van der Waals surface area contributed by atoms with Crippen LogP contribution in [0.1, 0.15) is 23.6 Å². The van der Waals surface area contributed by atoms with Gasteiger partial charge in [0.05, 0.1) is 12.0 Å². The number of hydrogen-bond donors (Lipinski definition) is 2. The van der Waals surface area contributed by atoms with Crippen molar-refractivity contribution in [2.75, 3.05) is 5.32 Å². The Balaban J connectivity index is 1.44. The first-order valence-electron chi connectivity index (χ1n) is 10.3. The fourth-order valence-corrected chi connectivity index (χ4v) is 6.40. The summed E-state index contributed by atoms with van der Waals surface area (Å²) in [5, 5.41) is 6.32. The van der Waals surface area contributed by atoms with E-state index in [-0.39, 0.29) is 23.8 Å². The van der Waals surface area contributed by atoms with E-state index in [0.29, 0.717) is 4.91 Å². The summed E-state index contributed by atoms with van der Waals surface area (Å²) in [6.07, 6.45) is 2.89. The molecule has 0 unspecified atom stereocenters. The van der Waals surface area contributed by atoms with E-state index in [4.69, 9.17) is 4.74 Å². The SMILES string of the molecule is CCc1ccc(N[C@@H]2NC(=O)/C(=C/c3cc(I)c(OCc4cccc(F)c4)c(I)c3)S2)cc1. The number of rotatable bonds is 7. The highest BCUT2D eigenvalue weighted by Crippen LogP contribution is 2.34. The summed E-state index contributed by atoms with van der Waals surface area (Å²) >= 11 is 5.91. The highest BCUT2D eigenvalue weighted by atomic mass is 127. The molecular weight excluding hydrogens is 665 g/mol. The molecule has 3 aromatic rings. The molecule has 4 rings (SSSR count). The molecule has 1 saturated heterocycles. The van der Waals surface area contributed by atoms with Gasteiger partial charge in [0.2, 0.25) is 0 Å². The van der Waals surface area contributed by atoms with Gasteiger partial charge in [0.25, 0.3) is 5.91 Å². The lowest BCUT2D eigenvalue weighted by Gasteiger charge is -2.13. The summed E-state index contributed by atoms with van der Waals surface area (Å²) in [6.45, 7) is 2.41. The Bertz CT molecular complexity index is 1180. The number of ether oxygens (including phenoxy) is 1. The van der Waals surface area contributed by atoms with Crippen molar-refractivity contribution in [2.45, 2.75) is 25.4 Å². The maximum atomic E-state index is 13.4. The molecule has 0 aliphatic carbocycles. The lowest BCUT2D eigenvalue weighted by atomic mass is 10.1. The third-order valence-corrected chi connectivity index (χ3v) is 7.61. The molecule has 8 heteroatoms. The monoisotopic (exact) mass is 686 g/mol. The first-order chi connectivity index (χ1) is 15.9. The number of amides is 1. The van der Waals surface area contributed by atoms with Gasteiger partial charge in [0.15, 0.2) is 5.50 Å². The molecule has 170 valence electrons. The molecule has 1 heterocycles. The van der Waals surface area contributed by atoms with E-state index in [1.807, 2.05) is 36.4 Å². The Kier molecular flexibility index (Phi) is 8.18. The van der Waals surface area contributed by atoms with Crippen LogP contribution in [0.4, 0.5) is 10.1 Å². The zero-order valence-corrected chi connectivity index (χ0v) is 22.8. The van der Waals surface area contributed by atoms with Gasteiger partial charge in [-0.2, -0.15) is 0 Å². The highest BCUT2D eigenvalue weighted by molar-refractivity contribution is 14.1. The van der Waals surface area contributed by atoms with E-state index in [9.17, 15) is 9.18 Å². The maximum absolute atomic E-state index is 13.4. The van der Waals surface area contributed by atoms with Gasteiger partial charge >= 0.3 is 0 Å². The number of halogens is 3. The molecule has 2 N–H and O–H groups in total. The quantitative estimate of drug-likeness (QED) is 0.213. The summed E-state index contributed by atoms with van der Waals surface area (Å²) in [5.41, 5.74) is 3.72.